The average molecular weight is 373 g/mol. The molecule has 0 nitrogen and oxygen atoms in total. The molecule has 0 heteroatoms. The van der Waals surface area contributed by atoms with Gasteiger partial charge in [-0.3, -0.25) is 0 Å². The van der Waals surface area contributed by atoms with E-state index in [0.717, 1.165) is 29.6 Å². The Morgan fingerprint density at radius 3 is 2.33 bits per heavy atom. The number of fused-ring (bicyclic) bond motifs is 5. The third kappa shape index (κ3) is 3.24. The molecule has 0 heterocycles. The minimum absolute atomic E-state index is 0.658. The van der Waals surface area contributed by atoms with Crippen molar-refractivity contribution < 1.29 is 0 Å². The highest BCUT2D eigenvalue weighted by Crippen LogP contribution is 2.70. The summed E-state index contributed by atoms with van der Waals surface area (Å²) < 4.78 is 0. The molecule has 0 aromatic carbocycles. The standard InChI is InChI=1S/C27H48/c1-20(2)10-6-7-11-21-12-13-23-22-14-18-25(3)16-8-9-17-27(25,5)24(22)15-19-26(21,23)4/h20-24H,6-19H2,1-5H3/t21?,22?,23?,24?,25-,26?,27?/m1/s1. The van der Waals surface area contributed by atoms with Crippen LogP contribution in [-0.4, -0.2) is 0 Å². The van der Waals surface area contributed by atoms with Gasteiger partial charge in [0, 0.05) is 0 Å². The van der Waals surface area contributed by atoms with Crippen LogP contribution >= 0.6 is 0 Å². The van der Waals surface area contributed by atoms with Crippen LogP contribution in [0.15, 0.2) is 0 Å². The summed E-state index contributed by atoms with van der Waals surface area (Å²) in [7, 11) is 0. The average Bonchev–Trinajstić information content (AvgIpc) is 2.95. The third-order valence-electron chi connectivity index (χ3n) is 11.1. The lowest BCUT2D eigenvalue weighted by molar-refractivity contribution is -0.152. The molecule has 0 aromatic rings. The van der Waals surface area contributed by atoms with Crippen molar-refractivity contribution in [3.63, 3.8) is 0 Å². The molecule has 0 saturated heterocycles. The second-order valence-corrected chi connectivity index (χ2v) is 12.6. The minimum atomic E-state index is 0.658. The number of hydrogen-bond acceptors (Lipinski definition) is 0. The van der Waals surface area contributed by atoms with E-state index in [1.54, 1.807) is 32.1 Å². The Kier molecular flexibility index (Phi) is 5.53. The van der Waals surface area contributed by atoms with Crippen molar-refractivity contribution in [2.75, 3.05) is 0 Å². The van der Waals surface area contributed by atoms with Gasteiger partial charge in [-0.15, -0.1) is 0 Å². The maximum absolute atomic E-state index is 2.74. The summed E-state index contributed by atoms with van der Waals surface area (Å²) in [5.41, 5.74) is 2.01. The first-order valence-corrected chi connectivity index (χ1v) is 12.8. The highest BCUT2D eigenvalue weighted by atomic mass is 14.7. The monoisotopic (exact) mass is 372 g/mol. The fourth-order valence-corrected chi connectivity index (χ4v) is 9.13. The summed E-state index contributed by atoms with van der Waals surface area (Å²) in [5, 5.41) is 0. The summed E-state index contributed by atoms with van der Waals surface area (Å²) in [6.07, 6.45) is 21.4. The first-order chi connectivity index (χ1) is 12.8. The number of hydrogen-bond donors (Lipinski definition) is 0. The molecular formula is C27H48. The van der Waals surface area contributed by atoms with Crippen molar-refractivity contribution in [1.82, 2.24) is 0 Å². The lowest BCUT2D eigenvalue weighted by Gasteiger charge is -2.64. The Labute approximate surface area is 170 Å². The van der Waals surface area contributed by atoms with Gasteiger partial charge in [0.1, 0.15) is 0 Å². The first-order valence-electron chi connectivity index (χ1n) is 12.8. The lowest BCUT2D eigenvalue weighted by Crippen LogP contribution is -2.56. The molecule has 0 amide bonds. The van der Waals surface area contributed by atoms with Crippen LogP contribution in [-0.2, 0) is 0 Å². The molecular weight excluding hydrogens is 324 g/mol. The molecule has 7 atom stereocenters. The van der Waals surface area contributed by atoms with Crippen LogP contribution in [0, 0.1) is 45.8 Å². The van der Waals surface area contributed by atoms with Crippen molar-refractivity contribution in [2.45, 2.75) is 125 Å². The highest BCUT2D eigenvalue weighted by molar-refractivity contribution is 5.11. The molecule has 27 heavy (non-hydrogen) atoms. The molecule has 4 aliphatic carbocycles. The Morgan fingerprint density at radius 2 is 1.56 bits per heavy atom. The molecule has 6 unspecified atom stereocenters. The molecule has 4 aliphatic rings. The van der Waals surface area contributed by atoms with Gasteiger partial charge in [0.2, 0.25) is 0 Å². The van der Waals surface area contributed by atoms with Crippen LogP contribution in [0.25, 0.3) is 0 Å². The predicted molar refractivity (Wildman–Crippen MR) is 118 cm³/mol. The Hall–Kier alpha value is 0. The van der Waals surface area contributed by atoms with Crippen molar-refractivity contribution in [3.05, 3.63) is 0 Å². The van der Waals surface area contributed by atoms with Crippen LogP contribution in [0.3, 0.4) is 0 Å². The van der Waals surface area contributed by atoms with Gasteiger partial charge in [-0.25, -0.2) is 0 Å². The van der Waals surface area contributed by atoms with Crippen LogP contribution in [0.2, 0.25) is 0 Å². The van der Waals surface area contributed by atoms with Gasteiger partial charge in [0.05, 0.1) is 0 Å². The second kappa shape index (κ2) is 7.36. The van der Waals surface area contributed by atoms with E-state index >= 15 is 0 Å². The topological polar surface area (TPSA) is 0 Å². The van der Waals surface area contributed by atoms with Gasteiger partial charge in [0.25, 0.3) is 0 Å². The fraction of sp³-hybridized carbons (Fsp3) is 1.00. The number of unbranched alkanes of at least 4 members (excludes halogenated alkanes) is 1. The van der Waals surface area contributed by atoms with Crippen LogP contribution in [0.1, 0.15) is 125 Å². The van der Waals surface area contributed by atoms with Crippen molar-refractivity contribution in [3.8, 4) is 0 Å². The molecule has 4 fully saturated rings. The highest BCUT2D eigenvalue weighted by Gasteiger charge is 2.62. The minimum Gasteiger partial charge on any atom is -0.0628 e. The van der Waals surface area contributed by atoms with E-state index in [-0.39, 0.29) is 0 Å². The van der Waals surface area contributed by atoms with E-state index in [4.69, 9.17) is 0 Å². The molecule has 0 aromatic heterocycles. The predicted octanol–water partition coefficient (Wildman–Crippen LogP) is 8.64. The second-order valence-electron chi connectivity index (χ2n) is 12.6. The van der Waals surface area contributed by atoms with Gasteiger partial charge >= 0.3 is 0 Å². The summed E-state index contributed by atoms with van der Waals surface area (Å²) in [6, 6.07) is 0. The smallest absolute Gasteiger partial charge is 0.0241 e. The van der Waals surface area contributed by atoms with E-state index in [2.05, 4.69) is 34.6 Å². The maximum Gasteiger partial charge on any atom is -0.0241 e. The zero-order valence-corrected chi connectivity index (χ0v) is 19.3. The van der Waals surface area contributed by atoms with Crippen LogP contribution in [0.4, 0.5) is 0 Å². The molecule has 0 aliphatic heterocycles. The summed E-state index contributed by atoms with van der Waals surface area (Å²) in [4.78, 5) is 0. The van der Waals surface area contributed by atoms with E-state index in [0.29, 0.717) is 16.2 Å². The third-order valence-corrected chi connectivity index (χ3v) is 11.1. The fourth-order valence-electron chi connectivity index (χ4n) is 9.13. The largest absolute Gasteiger partial charge is 0.0628 e. The van der Waals surface area contributed by atoms with Crippen molar-refractivity contribution in [1.29, 1.82) is 0 Å². The Balaban J connectivity index is 1.46. The molecule has 0 bridgehead atoms. The van der Waals surface area contributed by atoms with Crippen molar-refractivity contribution >= 4 is 0 Å². The summed E-state index contributed by atoms with van der Waals surface area (Å²) >= 11 is 0. The molecule has 0 spiro atoms. The molecule has 4 saturated carbocycles. The summed E-state index contributed by atoms with van der Waals surface area (Å²) in [6.45, 7) is 12.9. The Bertz CT molecular complexity index is 520. The van der Waals surface area contributed by atoms with E-state index in [1.807, 2.05) is 0 Å². The zero-order chi connectivity index (χ0) is 19.3. The number of rotatable bonds is 5. The first kappa shape index (κ1) is 20.3. The summed E-state index contributed by atoms with van der Waals surface area (Å²) in [5.74, 6) is 5.12. The lowest BCUT2D eigenvalue weighted by atomic mass is 9.40. The zero-order valence-electron chi connectivity index (χ0n) is 19.3. The SMILES string of the molecule is CC(C)CCCCC1CCC2C3CC[C@@]4(C)CCCCC4(C)C3CCC12C. The van der Waals surface area contributed by atoms with E-state index in [9.17, 15) is 0 Å². The molecule has 0 N–H and O–H groups in total. The van der Waals surface area contributed by atoms with Gasteiger partial charge < -0.3 is 0 Å². The van der Waals surface area contributed by atoms with Gasteiger partial charge in [0.15, 0.2) is 0 Å². The Morgan fingerprint density at radius 1 is 0.778 bits per heavy atom. The molecule has 156 valence electrons. The molecule has 0 radical (unpaired) electrons. The van der Waals surface area contributed by atoms with E-state index < -0.39 is 0 Å². The van der Waals surface area contributed by atoms with Gasteiger partial charge in [-0.2, -0.15) is 0 Å². The van der Waals surface area contributed by atoms with Crippen molar-refractivity contribution in [2.24, 2.45) is 45.8 Å². The van der Waals surface area contributed by atoms with Crippen LogP contribution < -0.4 is 0 Å². The normalized spacial score (nSPS) is 49.6. The van der Waals surface area contributed by atoms with Gasteiger partial charge in [-0.05, 0) is 104 Å². The van der Waals surface area contributed by atoms with Crippen LogP contribution in [0.5, 0.6) is 0 Å². The van der Waals surface area contributed by atoms with E-state index in [1.165, 1.54) is 57.8 Å². The quantitative estimate of drug-likeness (QED) is 0.423. The maximum atomic E-state index is 2.74. The molecule has 4 rings (SSSR count). The van der Waals surface area contributed by atoms with Gasteiger partial charge in [-0.1, -0.05) is 66.7 Å².